The van der Waals surface area contributed by atoms with E-state index in [4.69, 9.17) is 9.84 Å². The summed E-state index contributed by atoms with van der Waals surface area (Å²) in [7, 11) is 0. The van der Waals surface area contributed by atoms with Gasteiger partial charge in [-0.3, -0.25) is 4.79 Å². The van der Waals surface area contributed by atoms with Crippen molar-refractivity contribution in [3.8, 4) is 0 Å². The highest BCUT2D eigenvalue weighted by Crippen LogP contribution is 2.24. The number of nitrogens with zero attached hydrogens (tertiary/aromatic N) is 1. The molecule has 1 N–H and O–H groups in total. The highest BCUT2D eigenvalue weighted by molar-refractivity contribution is 5.88. The normalized spacial score (nSPS) is 13.7. The molecule has 0 aliphatic carbocycles. The van der Waals surface area contributed by atoms with Crippen LogP contribution in [-0.4, -0.2) is 34.6 Å². The third-order valence-electron chi connectivity index (χ3n) is 3.07. The summed E-state index contributed by atoms with van der Waals surface area (Å²) in [6.45, 7) is 4.81. The molecule has 0 atom stereocenters. The molecule has 1 amide bonds. The van der Waals surface area contributed by atoms with Crippen LogP contribution in [0.5, 0.6) is 0 Å². The first-order valence-corrected chi connectivity index (χ1v) is 6.22. The Kier molecular flexibility index (Phi) is 3.85. The van der Waals surface area contributed by atoms with Crippen molar-refractivity contribution in [1.82, 2.24) is 4.90 Å². The van der Waals surface area contributed by atoms with Crippen LogP contribution in [0.25, 0.3) is 0 Å². The predicted molar refractivity (Wildman–Crippen MR) is 68.7 cm³/mol. The summed E-state index contributed by atoms with van der Waals surface area (Å²) in [4.78, 5) is 24.5. The Balaban J connectivity index is 2.03. The number of hydrogen-bond acceptors (Lipinski definition) is 3. The number of ether oxygens (including phenoxy) is 1. The number of carboxylic acid groups (broad SMARTS) is 1. The van der Waals surface area contributed by atoms with E-state index < -0.39 is 5.97 Å². The number of hydrogen-bond donors (Lipinski definition) is 1. The summed E-state index contributed by atoms with van der Waals surface area (Å²) in [5.41, 5.74) is 2.16. The van der Waals surface area contributed by atoms with E-state index in [0.29, 0.717) is 13.1 Å². The lowest BCUT2D eigenvalue weighted by atomic mass is 10.1. The number of amides is 1. The Morgan fingerprint density at radius 3 is 2.63 bits per heavy atom. The lowest BCUT2D eigenvalue weighted by Crippen LogP contribution is -2.30. The molecule has 0 bridgehead atoms. The fraction of sp³-hybridized carbons (Fsp3) is 0.429. The van der Waals surface area contributed by atoms with Crippen LogP contribution < -0.4 is 0 Å². The highest BCUT2D eigenvalue weighted by atomic mass is 16.5. The van der Waals surface area contributed by atoms with Crippen molar-refractivity contribution in [3.63, 3.8) is 0 Å². The first-order valence-electron chi connectivity index (χ1n) is 6.22. The zero-order chi connectivity index (χ0) is 14.0. The fourth-order valence-electron chi connectivity index (χ4n) is 2.03. The fourth-order valence-corrected chi connectivity index (χ4v) is 2.03. The van der Waals surface area contributed by atoms with Gasteiger partial charge < -0.3 is 14.7 Å². The molecule has 5 nitrogen and oxygen atoms in total. The summed E-state index contributed by atoms with van der Waals surface area (Å²) in [6.07, 6.45) is 0.0209. The molecule has 0 unspecified atom stereocenters. The van der Waals surface area contributed by atoms with Gasteiger partial charge in [-0.25, -0.2) is 4.79 Å². The minimum absolute atomic E-state index is 0.0209. The van der Waals surface area contributed by atoms with E-state index in [1.165, 1.54) is 0 Å². The smallest absolute Gasteiger partial charge is 0.335 e. The zero-order valence-electron chi connectivity index (χ0n) is 11.0. The maximum Gasteiger partial charge on any atom is 0.335 e. The van der Waals surface area contributed by atoms with Crippen LogP contribution in [0, 0.1) is 0 Å². The van der Waals surface area contributed by atoms with Gasteiger partial charge in [0.05, 0.1) is 11.7 Å². The highest BCUT2D eigenvalue weighted by Gasteiger charge is 2.24. The van der Waals surface area contributed by atoms with Gasteiger partial charge in [-0.05, 0) is 37.1 Å². The molecule has 1 aliphatic heterocycles. The van der Waals surface area contributed by atoms with Gasteiger partial charge in [-0.2, -0.15) is 0 Å². The van der Waals surface area contributed by atoms with E-state index in [1.54, 1.807) is 23.1 Å². The number of fused-ring (bicyclic) bond motifs is 1. The number of carboxylic acids is 1. The molecule has 0 radical (unpaired) electrons. The van der Waals surface area contributed by atoms with Gasteiger partial charge in [-0.1, -0.05) is 6.07 Å². The Labute approximate surface area is 111 Å². The van der Waals surface area contributed by atoms with Crippen molar-refractivity contribution in [1.29, 1.82) is 0 Å². The maximum atomic E-state index is 11.9. The van der Waals surface area contributed by atoms with Gasteiger partial charge in [-0.15, -0.1) is 0 Å². The van der Waals surface area contributed by atoms with Crippen molar-refractivity contribution in [2.75, 3.05) is 6.61 Å². The monoisotopic (exact) mass is 263 g/mol. The Morgan fingerprint density at radius 1 is 1.32 bits per heavy atom. The third kappa shape index (κ3) is 3.12. The molecule has 1 heterocycles. The first kappa shape index (κ1) is 13.5. The summed E-state index contributed by atoms with van der Waals surface area (Å²) < 4.78 is 5.29. The molecule has 1 aromatic carbocycles. The first-order chi connectivity index (χ1) is 8.97. The van der Waals surface area contributed by atoms with Crippen LogP contribution in [-0.2, 0) is 22.6 Å². The van der Waals surface area contributed by atoms with Crippen LogP contribution in [0.15, 0.2) is 18.2 Å². The Bertz CT molecular complexity index is 510. The summed E-state index contributed by atoms with van der Waals surface area (Å²) in [5, 5.41) is 8.94. The van der Waals surface area contributed by atoms with Crippen LogP contribution in [0.2, 0.25) is 0 Å². The Morgan fingerprint density at radius 2 is 2.00 bits per heavy atom. The second-order valence-electron chi connectivity index (χ2n) is 4.90. The third-order valence-corrected chi connectivity index (χ3v) is 3.07. The lowest BCUT2D eigenvalue weighted by Gasteiger charge is -2.16. The number of carbonyl (C=O) groups excluding carboxylic acids is 1. The number of carbonyl (C=O) groups is 2. The van der Waals surface area contributed by atoms with Gasteiger partial charge in [0.25, 0.3) is 0 Å². The summed E-state index contributed by atoms with van der Waals surface area (Å²) in [5.74, 6) is -1.02. The van der Waals surface area contributed by atoms with Gasteiger partial charge in [0.1, 0.15) is 6.61 Å². The van der Waals surface area contributed by atoms with E-state index >= 15 is 0 Å². The predicted octanol–water partition coefficient (Wildman–Crippen LogP) is 1.65. The van der Waals surface area contributed by atoms with E-state index in [2.05, 4.69) is 0 Å². The molecule has 0 saturated carbocycles. The quantitative estimate of drug-likeness (QED) is 0.897. The number of aromatic carboxylic acids is 1. The molecule has 0 aromatic heterocycles. The van der Waals surface area contributed by atoms with E-state index in [9.17, 15) is 9.59 Å². The molecule has 1 aromatic rings. The van der Waals surface area contributed by atoms with Crippen molar-refractivity contribution >= 4 is 11.9 Å². The SMILES string of the molecule is CC(C)OCC(=O)N1Cc2ccc(C(=O)O)cc2C1. The van der Waals surface area contributed by atoms with Crippen molar-refractivity contribution in [3.05, 3.63) is 34.9 Å². The van der Waals surface area contributed by atoms with E-state index in [1.807, 2.05) is 13.8 Å². The van der Waals surface area contributed by atoms with Gasteiger partial charge in [0.15, 0.2) is 0 Å². The van der Waals surface area contributed by atoms with Crippen molar-refractivity contribution in [2.24, 2.45) is 0 Å². The molecule has 102 valence electrons. The van der Waals surface area contributed by atoms with Gasteiger partial charge in [0, 0.05) is 13.1 Å². The Hall–Kier alpha value is -1.88. The topological polar surface area (TPSA) is 66.8 Å². The average molecular weight is 263 g/mol. The number of benzene rings is 1. The molecular formula is C14H17NO4. The standard InChI is InChI=1S/C14H17NO4/c1-9(2)19-8-13(16)15-6-11-4-3-10(14(17)18)5-12(11)7-15/h3-5,9H,6-8H2,1-2H3,(H,17,18). The molecular weight excluding hydrogens is 246 g/mol. The van der Waals surface area contributed by atoms with Crippen molar-refractivity contribution in [2.45, 2.75) is 33.0 Å². The molecule has 19 heavy (non-hydrogen) atoms. The van der Waals surface area contributed by atoms with E-state index in [-0.39, 0.29) is 24.2 Å². The van der Waals surface area contributed by atoms with Crippen LogP contribution >= 0.6 is 0 Å². The van der Waals surface area contributed by atoms with Gasteiger partial charge >= 0.3 is 5.97 Å². The van der Waals surface area contributed by atoms with Crippen LogP contribution in [0.1, 0.15) is 35.3 Å². The minimum atomic E-state index is -0.948. The zero-order valence-corrected chi connectivity index (χ0v) is 11.0. The average Bonchev–Trinajstić information content (AvgIpc) is 2.78. The maximum absolute atomic E-state index is 11.9. The second-order valence-corrected chi connectivity index (χ2v) is 4.90. The van der Waals surface area contributed by atoms with Crippen molar-refractivity contribution < 1.29 is 19.4 Å². The van der Waals surface area contributed by atoms with Crippen LogP contribution in [0.3, 0.4) is 0 Å². The second kappa shape index (κ2) is 5.40. The molecule has 5 heteroatoms. The van der Waals surface area contributed by atoms with E-state index in [0.717, 1.165) is 11.1 Å². The molecule has 1 aliphatic rings. The lowest BCUT2D eigenvalue weighted by molar-refractivity contribution is -0.138. The van der Waals surface area contributed by atoms with Gasteiger partial charge in [0.2, 0.25) is 5.91 Å². The molecule has 0 fully saturated rings. The molecule has 2 rings (SSSR count). The minimum Gasteiger partial charge on any atom is -0.478 e. The van der Waals surface area contributed by atoms with Crippen LogP contribution in [0.4, 0.5) is 0 Å². The number of rotatable bonds is 4. The summed E-state index contributed by atoms with van der Waals surface area (Å²) >= 11 is 0. The largest absolute Gasteiger partial charge is 0.478 e. The summed E-state index contributed by atoms with van der Waals surface area (Å²) in [6, 6.07) is 4.98. The molecule has 0 spiro atoms. The molecule has 0 saturated heterocycles.